The molecule has 0 spiro atoms. The van der Waals surface area contributed by atoms with Crippen LogP contribution in [0.2, 0.25) is 10.0 Å². The van der Waals surface area contributed by atoms with E-state index in [9.17, 15) is 8.42 Å². The molecule has 0 aliphatic carbocycles. The van der Waals surface area contributed by atoms with Crippen LogP contribution in [0.25, 0.3) is 11.1 Å². The number of sulfonamides is 1. The van der Waals surface area contributed by atoms with Gasteiger partial charge < -0.3 is 9.64 Å². The van der Waals surface area contributed by atoms with E-state index >= 15 is 0 Å². The smallest absolute Gasteiger partial charge is 0.261 e. The van der Waals surface area contributed by atoms with Crippen molar-refractivity contribution >= 4 is 44.6 Å². The Labute approximate surface area is 199 Å². The minimum Gasteiger partial charge on any atom is -0.381 e. The van der Waals surface area contributed by atoms with Gasteiger partial charge >= 0.3 is 0 Å². The lowest BCUT2D eigenvalue weighted by atomic mass is 10.1. The molecule has 4 rings (SSSR count). The summed E-state index contributed by atoms with van der Waals surface area (Å²) >= 11 is 12.1. The highest BCUT2D eigenvalue weighted by molar-refractivity contribution is 7.92. The second-order valence-corrected chi connectivity index (χ2v) is 10.3. The molecule has 1 aliphatic heterocycles. The van der Waals surface area contributed by atoms with Crippen molar-refractivity contribution in [2.24, 2.45) is 0 Å². The van der Waals surface area contributed by atoms with Crippen molar-refractivity contribution in [3.8, 4) is 11.1 Å². The van der Waals surface area contributed by atoms with E-state index in [4.69, 9.17) is 27.9 Å². The Bertz CT molecular complexity index is 1150. The fourth-order valence-electron chi connectivity index (χ4n) is 3.85. The zero-order valence-electron chi connectivity index (χ0n) is 17.6. The maximum absolute atomic E-state index is 12.8. The molecule has 8 heteroatoms. The number of nitrogens with zero attached hydrogens (tertiary/aromatic N) is 1. The summed E-state index contributed by atoms with van der Waals surface area (Å²) < 4.78 is 33.7. The third kappa shape index (κ3) is 5.38. The van der Waals surface area contributed by atoms with Gasteiger partial charge in [0.25, 0.3) is 10.0 Å². The average Bonchev–Trinajstić information content (AvgIpc) is 2.79. The van der Waals surface area contributed by atoms with Gasteiger partial charge in [0.05, 0.1) is 11.0 Å². The molecule has 0 radical (unpaired) electrons. The number of piperidine rings is 1. The molecule has 3 aromatic carbocycles. The van der Waals surface area contributed by atoms with Crippen LogP contribution in [0.1, 0.15) is 12.8 Å². The number of halogens is 2. The van der Waals surface area contributed by atoms with E-state index in [1.165, 1.54) is 0 Å². The molecule has 0 unspecified atom stereocenters. The van der Waals surface area contributed by atoms with Crippen molar-refractivity contribution in [3.63, 3.8) is 0 Å². The maximum atomic E-state index is 12.8. The van der Waals surface area contributed by atoms with Gasteiger partial charge in [-0.15, -0.1) is 0 Å². The Morgan fingerprint density at radius 3 is 2.03 bits per heavy atom. The molecular weight excluding hydrogens is 467 g/mol. The summed E-state index contributed by atoms with van der Waals surface area (Å²) in [6.07, 6.45) is 2.30. The summed E-state index contributed by atoms with van der Waals surface area (Å²) in [6, 6.07) is 19.3. The lowest BCUT2D eigenvalue weighted by Gasteiger charge is -2.33. The molecular formula is C24H24Cl2N2O3S. The van der Waals surface area contributed by atoms with Gasteiger partial charge in [-0.2, -0.15) is 0 Å². The Kier molecular flexibility index (Phi) is 6.96. The molecule has 1 aliphatic rings. The summed E-state index contributed by atoms with van der Waals surface area (Å²) in [4.78, 5) is 2.47. The molecule has 32 heavy (non-hydrogen) atoms. The first-order valence-corrected chi connectivity index (χ1v) is 12.5. The molecule has 3 aromatic rings. The van der Waals surface area contributed by atoms with Crippen LogP contribution < -0.4 is 9.62 Å². The third-order valence-corrected chi connectivity index (χ3v) is 7.45. The molecule has 5 nitrogen and oxygen atoms in total. The Balaban J connectivity index is 1.45. The maximum Gasteiger partial charge on any atom is 0.261 e. The van der Waals surface area contributed by atoms with Gasteiger partial charge in [0.1, 0.15) is 0 Å². The summed E-state index contributed by atoms with van der Waals surface area (Å²) in [6.45, 7) is 1.85. The SMILES string of the molecule is COC1CCN(c2ccc(NS(=O)(=O)c3ccc(-c4cc(Cl)cc(Cl)c4)cc3)cc2)CC1. The number of rotatable bonds is 6. The molecule has 1 heterocycles. The highest BCUT2D eigenvalue weighted by Crippen LogP contribution is 2.29. The lowest BCUT2D eigenvalue weighted by Crippen LogP contribution is -2.36. The van der Waals surface area contributed by atoms with Crippen LogP contribution in [0, 0.1) is 0 Å². The van der Waals surface area contributed by atoms with Gasteiger partial charge in [0.2, 0.25) is 0 Å². The fourth-order valence-corrected chi connectivity index (χ4v) is 5.44. The second-order valence-electron chi connectivity index (χ2n) is 7.76. The molecule has 0 saturated carbocycles. The van der Waals surface area contributed by atoms with Crippen LogP contribution in [-0.2, 0) is 14.8 Å². The minimum atomic E-state index is -3.71. The normalized spacial score (nSPS) is 15.0. The first kappa shape index (κ1) is 22.9. The number of methoxy groups -OCH3 is 1. The van der Waals surface area contributed by atoms with E-state index < -0.39 is 10.0 Å². The van der Waals surface area contributed by atoms with Crippen LogP contribution in [0.4, 0.5) is 11.4 Å². The average molecular weight is 491 g/mol. The largest absolute Gasteiger partial charge is 0.381 e. The number of hydrogen-bond acceptors (Lipinski definition) is 4. The highest BCUT2D eigenvalue weighted by atomic mass is 35.5. The van der Waals surface area contributed by atoms with E-state index in [1.807, 2.05) is 12.1 Å². The molecule has 0 aromatic heterocycles. The third-order valence-electron chi connectivity index (χ3n) is 5.62. The van der Waals surface area contributed by atoms with Crippen molar-refractivity contribution in [2.75, 3.05) is 29.8 Å². The highest BCUT2D eigenvalue weighted by Gasteiger charge is 2.19. The standard InChI is InChI=1S/C24H24Cl2N2O3S/c1-31-23-10-12-28(13-11-23)22-6-4-21(5-7-22)27-32(29,30)24-8-2-17(3-9-24)18-14-19(25)16-20(26)15-18/h2-9,14-16,23,27H,10-13H2,1H3. The van der Waals surface area contributed by atoms with E-state index in [0.717, 1.165) is 42.7 Å². The van der Waals surface area contributed by atoms with Gasteiger partial charge in [-0.25, -0.2) is 8.42 Å². The van der Waals surface area contributed by atoms with Gasteiger partial charge in [-0.05, 0) is 78.6 Å². The number of benzene rings is 3. The molecule has 0 amide bonds. The Morgan fingerprint density at radius 2 is 1.47 bits per heavy atom. The van der Waals surface area contributed by atoms with Crippen LogP contribution in [-0.4, -0.2) is 34.7 Å². The van der Waals surface area contributed by atoms with Crippen molar-refractivity contribution in [1.82, 2.24) is 0 Å². The molecule has 1 fully saturated rings. The van der Waals surface area contributed by atoms with E-state index in [1.54, 1.807) is 61.7 Å². The Hall–Kier alpha value is -2.25. The monoisotopic (exact) mass is 490 g/mol. The quantitative estimate of drug-likeness (QED) is 0.454. The van der Waals surface area contributed by atoms with Crippen LogP contribution in [0.3, 0.4) is 0 Å². The predicted octanol–water partition coefficient (Wildman–Crippen LogP) is 6.08. The number of anilines is 2. The van der Waals surface area contributed by atoms with E-state index in [-0.39, 0.29) is 4.90 Å². The molecule has 0 bridgehead atoms. The zero-order chi connectivity index (χ0) is 22.7. The molecule has 168 valence electrons. The minimum absolute atomic E-state index is 0.181. The van der Waals surface area contributed by atoms with Crippen LogP contribution in [0.5, 0.6) is 0 Å². The first-order valence-electron chi connectivity index (χ1n) is 10.3. The second kappa shape index (κ2) is 9.71. The first-order chi connectivity index (χ1) is 15.3. The predicted molar refractivity (Wildman–Crippen MR) is 131 cm³/mol. The number of ether oxygens (including phenoxy) is 1. The lowest BCUT2D eigenvalue weighted by molar-refractivity contribution is 0.0819. The Morgan fingerprint density at radius 1 is 0.875 bits per heavy atom. The van der Waals surface area contributed by atoms with Crippen molar-refractivity contribution in [3.05, 3.63) is 76.8 Å². The van der Waals surface area contributed by atoms with Crippen LogP contribution >= 0.6 is 23.2 Å². The van der Waals surface area contributed by atoms with E-state index in [2.05, 4.69) is 9.62 Å². The molecule has 1 N–H and O–H groups in total. The summed E-state index contributed by atoms with van der Waals surface area (Å²) in [5, 5.41) is 1.05. The van der Waals surface area contributed by atoms with Gasteiger partial charge in [-0.1, -0.05) is 35.3 Å². The molecule has 1 saturated heterocycles. The van der Waals surface area contributed by atoms with Gasteiger partial charge in [-0.3, -0.25) is 4.72 Å². The van der Waals surface area contributed by atoms with Crippen molar-refractivity contribution < 1.29 is 13.2 Å². The molecule has 0 atom stereocenters. The summed E-state index contributed by atoms with van der Waals surface area (Å²) in [5.41, 5.74) is 3.25. The number of hydrogen-bond donors (Lipinski definition) is 1. The van der Waals surface area contributed by atoms with Gasteiger partial charge in [0.15, 0.2) is 0 Å². The van der Waals surface area contributed by atoms with Crippen molar-refractivity contribution in [2.45, 2.75) is 23.8 Å². The van der Waals surface area contributed by atoms with Crippen molar-refractivity contribution in [1.29, 1.82) is 0 Å². The van der Waals surface area contributed by atoms with Gasteiger partial charge in [0, 0.05) is 41.6 Å². The number of nitrogens with one attached hydrogen (secondary N) is 1. The fraction of sp³-hybridized carbons (Fsp3) is 0.250. The summed E-state index contributed by atoms with van der Waals surface area (Å²) in [5.74, 6) is 0. The summed E-state index contributed by atoms with van der Waals surface area (Å²) in [7, 11) is -1.96. The topological polar surface area (TPSA) is 58.6 Å². The van der Waals surface area contributed by atoms with Crippen LogP contribution in [0.15, 0.2) is 71.6 Å². The van der Waals surface area contributed by atoms with E-state index in [0.29, 0.717) is 21.8 Å². The zero-order valence-corrected chi connectivity index (χ0v) is 19.9.